The van der Waals surface area contributed by atoms with Gasteiger partial charge in [0.25, 0.3) is 11.8 Å². The van der Waals surface area contributed by atoms with Crippen LogP contribution in [0.4, 0.5) is 16.2 Å². The van der Waals surface area contributed by atoms with Crippen molar-refractivity contribution in [2.45, 2.75) is 33.2 Å². The molecular formula is C25H24ClN3O3. The molecule has 4 rings (SSSR count). The lowest BCUT2D eigenvalue weighted by Crippen LogP contribution is -2.54. The first-order valence-corrected chi connectivity index (χ1v) is 10.8. The highest BCUT2D eigenvalue weighted by Crippen LogP contribution is 2.39. The molecule has 0 saturated carbocycles. The van der Waals surface area contributed by atoms with Gasteiger partial charge in [-0.2, -0.15) is 0 Å². The topological polar surface area (TPSA) is 69.7 Å². The second-order valence-electron chi connectivity index (χ2n) is 8.44. The molecular weight excluding hydrogens is 426 g/mol. The van der Waals surface area contributed by atoms with E-state index in [4.69, 9.17) is 11.6 Å². The van der Waals surface area contributed by atoms with Gasteiger partial charge in [0.15, 0.2) is 0 Å². The lowest BCUT2D eigenvalue weighted by molar-refractivity contribution is -0.122. The Morgan fingerprint density at radius 1 is 1.06 bits per heavy atom. The molecule has 0 aliphatic carbocycles. The standard InChI is InChI=1S/C25H24ClN3O3/c1-5-28-21-11-6-16(12-19(21)15(2)14-25(28,3)4)13-20-22(30)27-24(32)29(23(20)31)18-9-7-17(26)8-10-18/h6-14H,5H2,1-4H3,(H,27,30,32)/b20-13+. The molecule has 164 valence electrons. The van der Waals surface area contributed by atoms with Gasteiger partial charge in [0.05, 0.1) is 11.2 Å². The van der Waals surface area contributed by atoms with Gasteiger partial charge in [-0.3, -0.25) is 14.9 Å². The van der Waals surface area contributed by atoms with Crippen LogP contribution < -0.4 is 15.1 Å². The summed E-state index contributed by atoms with van der Waals surface area (Å²) in [5.41, 5.74) is 4.12. The third-order valence-corrected chi connectivity index (χ3v) is 6.07. The minimum absolute atomic E-state index is 0.107. The predicted octanol–water partition coefficient (Wildman–Crippen LogP) is 5.03. The number of imide groups is 2. The van der Waals surface area contributed by atoms with Crippen LogP contribution in [0.1, 0.15) is 38.8 Å². The number of benzene rings is 2. The fourth-order valence-corrected chi connectivity index (χ4v) is 4.54. The van der Waals surface area contributed by atoms with Crippen LogP contribution in [0.25, 0.3) is 11.6 Å². The average Bonchev–Trinajstić information content (AvgIpc) is 2.72. The summed E-state index contributed by atoms with van der Waals surface area (Å²) in [4.78, 5) is 41.2. The molecule has 2 aliphatic heterocycles. The first kappa shape index (κ1) is 21.8. The van der Waals surface area contributed by atoms with Crippen LogP contribution in [0.15, 0.2) is 54.1 Å². The first-order chi connectivity index (χ1) is 15.1. The highest BCUT2D eigenvalue weighted by molar-refractivity contribution is 6.39. The molecule has 1 fully saturated rings. The van der Waals surface area contributed by atoms with Gasteiger partial charge in [-0.25, -0.2) is 9.69 Å². The number of halogens is 1. The number of hydrogen-bond acceptors (Lipinski definition) is 4. The Hall–Kier alpha value is -3.38. The highest BCUT2D eigenvalue weighted by Gasteiger charge is 2.37. The maximum absolute atomic E-state index is 13.1. The fraction of sp³-hybridized carbons (Fsp3) is 0.240. The summed E-state index contributed by atoms with van der Waals surface area (Å²) in [7, 11) is 0. The Balaban J connectivity index is 1.74. The quantitative estimate of drug-likeness (QED) is 0.527. The third-order valence-electron chi connectivity index (χ3n) is 5.82. The Kier molecular flexibility index (Phi) is 5.42. The van der Waals surface area contributed by atoms with Crippen molar-refractivity contribution >= 4 is 52.5 Å². The number of carbonyl (C=O) groups is 3. The zero-order chi connectivity index (χ0) is 23.2. The van der Waals surface area contributed by atoms with Crippen molar-refractivity contribution in [1.29, 1.82) is 0 Å². The van der Waals surface area contributed by atoms with E-state index in [-0.39, 0.29) is 11.1 Å². The number of hydrogen-bond donors (Lipinski definition) is 1. The van der Waals surface area contributed by atoms with Gasteiger partial charge in [-0.1, -0.05) is 23.7 Å². The normalized spacial score (nSPS) is 19.1. The lowest BCUT2D eigenvalue weighted by Gasteiger charge is -2.42. The summed E-state index contributed by atoms with van der Waals surface area (Å²) in [6.45, 7) is 9.37. The second-order valence-corrected chi connectivity index (χ2v) is 8.87. The molecule has 32 heavy (non-hydrogen) atoms. The van der Waals surface area contributed by atoms with Crippen LogP contribution in [-0.2, 0) is 9.59 Å². The van der Waals surface area contributed by atoms with Crippen LogP contribution in [0.3, 0.4) is 0 Å². The van der Waals surface area contributed by atoms with Gasteiger partial charge in [-0.05, 0) is 81.3 Å². The highest BCUT2D eigenvalue weighted by atomic mass is 35.5. The monoisotopic (exact) mass is 449 g/mol. The van der Waals surface area contributed by atoms with E-state index < -0.39 is 17.8 Å². The van der Waals surface area contributed by atoms with E-state index in [1.807, 2.05) is 18.2 Å². The summed E-state index contributed by atoms with van der Waals surface area (Å²) < 4.78 is 0. The maximum Gasteiger partial charge on any atom is 0.335 e. The molecule has 0 unspecified atom stereocenters. The second kappa shape index (κ2) is 7.95. The van der Waals surface area contributed by atoms with Gasteiger partial charge in [0.2, 0.25) is 0 Å². The number of likely N-dealkylation sites (N-methyl/N-ethyl adjacent to an activating group) is 1. The van der Waals surface area contributed by atoms with Crippen LogP contribution in [-0.4, -0.2) is 29.9 Å². The van der Waals surface area contributed by atoms with Crippen LogP contribution in [0, 0.1) is 0 Å². The van der Waals surface area contributed by atoms with Crippen molar-refractivity contribution in [2.75, 3.05) is 16.3 Å². The smallest absolute Gasteiger partial charge is 0.335 e. The molecule has 7 heteroatoms. The summed E-state index contributed by atoms with van der Waals surface area (Å²) in [6, 6.07) is 11.3. The number of nitrogens with zero attached hydrogens (tertiary/aromatic N) is 2. The van der Waals surface area contributed by atoms with Crippen molar-refractivity contribution in [2.24, 2.45) is 0 Å². The molecule has 2 heterocycles. The Morgan fingerprint density at radius 3 is 2.41 bits per heavy atom. The summed E-state index contributed by atoms with van der Waals surface area (Å²) >= 11 is 5.91. The number of nitrogens with one attached hydrogen (secondary N) is 1. The van der Waals surface area contributed by atoms with E-state index in [9.17, 15) is 14.4 Å². The number of amides is 4. The van der Waals surface area contributed by atoms with Crippen molar-refractivity contribution in [3.05, 3.63) is 70.3 Å². The zero-order valence-corrected chi connectivity index (χ0v) is 19.2. The number of anilines is 2. The molecule has 2 aliphatic rings. The molecule has 0 atom stereocenters. The maximum atomic E-state index is 13.1. The molecule has 1 N–H and O–H groups in total. The summed E-state index contributed by atoms with van der Waals surface area (Å²) in [6.07, 6.45) is 3.74. The Bertz CT molecular complexity index is 1200. The molecule has 0 bridgehead atoms. The van der Waals surface area contributed by atoms with Gasteiger partial charge in [-0.15, -0.1) is 0 Å². The molecule has 0 aromatic heterocycles. The van der Waals surface area contributed by atoms with Crippen molar-refractivity contribution in [1.82, 2.24) is 5.32 Å². The van der Waals surface area contributed by atoms with Crippen molar-refractivity contribution < 1.29 is 14.4 Å². The predicted molar refractivity (Wildman–Crippen MR) is 128 cm³/mol. The molecule has 2 aromatic rings. The Morgan fingerprint density at radius 2 is 1.75 bits per heavy atom. The Labute approximate surface area is 192 Å². The van der Waals surface area contributed by atoms with Crippen LogP contribution in [0.5, 0.6) is 0 Å². The third kappa shape index (κ3) is 3.71. The molecule has 6 nitrogen and oxygen atoms in total. The SMILES string of the molecule is CCN1c2ccc(/C=C3\C(=O)NC(=O)N(c4ccc(Cl)cc4)C3=O)cc2C(C)=CC1(C)C. The number of fused-ring (bicyclic) bond motifs is 1. The van der Waals surface area contributed by atoms with Gasteiger partial charge >= 0.3 is 6.03 Å². The lowest BCUT2D eigenvalue weighted by atomic mass is 9.88. The minimum Gasteiger partial charge on any atom is -0.363 e. The first-order valence-electron chi connectivity index (χ1n) is 10.4. The number of urea groups is 1. The zero-order valence-electron chi connectivity index (χ0n) is 18.4. The van der Waals surface area contributed by atoms with E-state index in [1.165, 1.54) is 6.08 Å². The largest absolute Gasteiger partial charge is 0.363 e. The van der Waals surface area contributed by atoms with Crippen LogP contribution in [0.2, 0.25) is 5.02 Å². The molecule has 2 aromatic carbocycles. The van der Waals surface area contributed by atoms with E-state index in [0.29, 0.717) is 16.3 Å². The van der Waals surface area contributed by atoms with E-state index in [0.717, 1.165) is 28.3 Å². The fourth-order valence-electron chi connectivity index (χ4n) is 4.42. The van der Waals surface area contributed by atoms with Crippen LogP contribution >= 0.6 is 11.6 Å². The van der Waals surface area contributed by atoms with Gasteiger partial charge in [0, 0.05) is 22.8 Å². The number of barbiturate groups is 1. The average molecular weight is 450 g/mol. The molecule has 4 amide bonds. The number of carbonyl (C=O) groups excluding carboxylic acids is 3. The summed E-state index contributed by atoms with van der Waals surface area (Å²) in [5, 5.41) is 2.73. The van der Waals surface area contributed by atoms with E-state index in [2.05, 4.69) is 44.0 Å². The summed E-state index contributed by atoms with van der Waals surface area (Å²) in [5.74, 6) is -1.39. The molecule has 0 spiro atoms. The minimum atomic E-state index is -0.787. The van der Waals surface area contributed by atoms with Crippen molar-refractivity contribution in [3.63, 3.8) is 0 Å². The van der Waals surface area contributed by atoms with E-state index >= 15 is 0 Å². The molecule has 1 saturated heterocycles. The van der Waals surface area contributed by atoms with E-state index in [1.54, 1.807) is 24.3 Å². The number of rotatable bonds is 3. The van der Waals surface area contributed by atoms with Gasteiger partial charge in [0.1, 0.15) is 5.57 Å². The van der Waals surface area contributed by atoms with Crippen molar-refractivity contribution in [3.8, 4) is 0 Å². The molecule has 0 radical (unpaired) electrons. The number of allylic oxidation sites excluding steroid dienone is 1. The van der Waals surface area contributed by atoms with Gasteiger partial charge < -0.3 is 4.90 Å².